The molecule has 0 aromatic heterocycles. The molecule has 0 unspecified atom stereocenters. The number of ether oxygens (including phenoxy) is 1. The zero-order chi connectivity index (χ0) is 18.0. The van der Waals surface area contributed by atoms with Gasteiger partial charge in [0.15, 0.2) is 0 Å². The largest absolute Gasteiger partial charge is 0.494 e. The van der Waals surface area contributed by atoms with E-state index in [1.54, 1.807) is 11.0 Å². The molecule has 0 fully saturated rings. The molecule has 1 aliphatic rings. The van der Waals surface area contributed by atoms with Crippen LogP contribution >= 0.6 is 11.6 Å². The van der Waals surface area contributed by atoms with E-state index in [-0.39, 0.29) is 11.8 Å². The average molecular weight is 359 g/mol. The molecule has 25 heavy (non-hydrogen) atoms. The molecule has 2 aromatic carbocycles. The molecular formula is C19H19ClN2O3. The van der Waals surface area contributed by atoms with Crippen molar-refractivity contribution in [3.63, 3.8) is 0 Å². The Kier molecular flexibility index (Phi) is 4.95. The normalized spacial score (nSPS) is 15.9. The molecule has 0 spiro atoms. The number of fused-ring (bicyclic) bond motifs is 1. The van der Waals surface area contributed by atoms with Crippen LogP contribution in [0.4, 0.5) is 5.69 Å². The Morgan fingerprint density at radius 2 is 2.04 bits per heavy atom. The fourth-order valence-corrected chi connectivity index (χ4v) is 3.17. The van der Waals surface area contributed by atoms with Crippen molar-refractivity contribution in [3.8, 4) is 5.75 Å². The second-order valence-corrected chi connectivity index (χ2v) is 6.21. The van der Waals surface area contributed by atoms with E-state index in [1.807, 2.05) is 43.3 Å². The zero-order valence-corrected chi connectivity index (χ0v) is 14.8. The molecular weight excluding hydrogens is 340 g/mol. The number of carbonyl (C=O) groups excluding carboxylic acids is 2. The van der Waals surface area contributed by atoms with Crippen LogP contribution in [0.5, 0.6) is 5.75 Å². The Bertz CT molecular complexity index is 822. The predicted molar refractivity (Wildman–Crippen MR) is 96.8 cm³/mol. The molecule has 6 heteroatoms. The number of anilines is 1. The van der Waals surface area contributed by atoms with Crippen LogP contribution in [0, 0.1) is 0 Å². The highest BCUT2D eigenvalue weighted by molar-refractivity contribution is 6.31. The summed E-state index contributed by atoms with van der Waals surface area (Å²) in [4.78, 5) is 26.1. The Balaban J connectivity index is 1.99. The average Bonchev–Trinajstić information content (AvgIpc) is 2.82. The van der Waals surface area contributed by atoms with Crippen molar-refractivity contribution in [2.24, 2.45) is 0 Å². The van der Waals surface area contributed by atoms with E-state index in [0.717, 1.165) is 16.8 Å². The van der Waals surface area contributed by atoms with Crippen LogP contribution in [0.15, 0.2) is 42.5 Å². The maximum atomic E-state index is 12.9. The number of benzene rings is 2. The molecule has 0 radical (unpaired) electrons. The highest BCUT2D eigenvalue weighted by atomic mass is 35.5. The lowest BCUT2D eigenvalue weighted by Gasteiger charge is -2.19. The number of nitrogens with zero attached hydrogens (tertiary/aromatic N) is 1. The van der Waals surface area contributed by atoms with Crippen LogP contribution in [-0.2, 0) is 16.1 Å². The Labute approximate surface area is 151 Å². The molecule has 0 aliphatic carbocycles. The van der Waals surface area contributed by atoms with Gasteiger partial charge in [-0.1, -0.05) is 29.8 Å². The van der Waals surface area contributed by atoms with Crippen molar-refractivity contribution in [1.29, 1.82) is 0 Å². The summed E-state index contributed by atoms with van der Waals surface area (Å²) >= 11 is 6.24. The fraction of sp³-hybridized carbons (Fsp3) is 0.263. The number of hydrogen-bond acceptors (Lipinski definition) is 3. The van der Waals surface area contributed by atoms with Crippen molar-refractivity contribution in [3.05, 3.63) is 58.6 Å². The quantitative estimate of drug-likeness (QED) is 0.890. The Morgan fingerprint density at radius 1 is 1.28 bits per heavy atom. The highest BCUT2D eigenvalue weighted by Crippen LogP contribution is 2.39. The summed E-state index contributed by atoms with van der Waals surface area (Å²) in [6.07, 6.45) is 0. The van der Waals surface area contributed by atoms with Crippen molar-refractivity contribution in [2.45, 2.75) is 26.4 Å². The molecule has 5 nitrogen and oxygen atoms in total. The van der Waals surface area contributed by atoms with Gasteiger partial charge in [-0.25, -0.2) is 0 Å². The molecule has 2 amide bonds. The smallest absolute Gasteiger partial charge is 0.254 e. The second kappa shape index (κ2) is 7.15. The van der Waals surface area contributed by atoms with Gasteiger partial charge in [0, 0.05) is 17.5 Å². The maximum absolute atomic E-state index is 12.9. The van der Waals surface area contributed by atoms with Gasteiger partial charge in [0.1, 0.15) is 11.8 Å². The third-order valence-electron chi connectivity index (χ3n) is 4.06. The monoisotopic (exact) mass is 358 g/mol. The Morgan fingerprint density at radius 3 is 2.72 bits per heavy atom. The van der Waals surface area contributed by atoms with E-state index in [4.69, 9.17) is 16.3 Å². The summed E-state index contributed by atoms with van der Waals surface area (Å²) in [5.41, 5.74) is 2.34. The van der Waals surface area contributed by atoms with Crippen LogP contribution < -0.4 is 15.0 Å². The molecule has 0 bridgehead atoms. The molecule has 1 N–H and O–H groups in total. The Hall–Kier alpha value is -2.53. The van der Waals surface area contributed by atoms with E-state index >= 15 is 0 Å². The van der Waals surface area contributed by atoms with Crippen molar-refractivity contribution >= 4 is 29.1 Å². The van der Waals surface area contributed by atoms with Gasteiger partial charge in [0.05, 0.1) is 18.8 Å². The third-order valence-corrected chi connectivity index (χ3v) is 4.43. The summed E-state index contributed by atoms with van der Waals surface area (Å²) in [7, 11) is 0. The minimum Gasteiger partial charge on any atom is -0.494 e. The summed E-state index contributed by atoms with van der Waals surface area (Å²) < 4.78 is 5.53. The van der Waals surface area contributed by atoms with Crippen LogP contribution in [0.25, 0.3) is 0 Å². The lowest BCUT2D eigenvalue weighted by molar-refractivity contribution is -0.126. The summed E-state index contributed by atoms with van der Waals surface area (Å²) in [5, 5.41) is 3.33. The second-order valence-electron chi connectivity index (χ2n) is 5.80. The number of carbonyl (C=O) groups is 2. The molecule has 1 heterocycles. The maximum Gasteiger partial charge on any atom is 0.254 e. The lowest BCUT2D eigenvalue weighted by atomic mass is 10.1. The third kappa shape index (κ3) is 3.46. The first kappa shape index (κ1) is 17.3. The van der Waals surface area contributed by atoms with E-state index < -0.39 is 6.04 Å². The fourth-order valence-electron chi connectivity index (χ4n) is 2.98. The zero-order valence-electron chi connectivity index (χ0n) is 14.1. The standard InChI is InChI=1S/C19H19ClN2O3/c1-3-25-14-8-9-17-15(10-14)18(21-12(2)23)19(24)22(17)11-13-6-4-5-7-16(13)20/h4-10,18H,3,11H2,1-2H3,(H,21,23)/t18-/m1/s1. The van der Waals surface area contributed by atoms with Gasteiger partial charge in [-0.05, 0) is 36.8 Å². The van der Waals surface area contributed by atoms with Crippen molar-refractivity contribution in [2.75, 3.05) is 11.5 Å². The number of hydrogen-bond donors (Lipinski definition) is 1. The molecule has 1 atom stereocenters. The minimum absolute atomic E-state index is 0.182. The van der Waals surface area contributed by atoms with Gasteiger partial charge < -0.3 is 15.0 Å². The van der Waals surface area contributed by atoms with Crippen molar-refractivity contribution < 1.29 is 14.3 Å². The number of amides is 2. The van der Waals surface area contributed by atoms with Crippen LogP contribution in [0.1, 0.15) is 31.0 Å². The predicted octanol–water partition coefficient (Wildman–Crippen LogP) is 3.46. The molecule has 1 aliphatic heterocycles. The van der Waals surface area contributed by atoms with E-state index in [1.165, 1.54) is 6.92 Å². The topological polar surface area (TPSA) is 58.6 Å². The molecule has 0 saturated heterocycles. The molecule has 2 aromatic rings. The first-order valence-corrected chi connectivity index (χ1v) is 8.47. The highest BCUT2D eigenvalue weighted by Gasteiger charge is 2.38. The summed E-state index contributed by atoms with van der Waals surface area (Å²) in [5.74, 6) is 0.230. The van der Waals surface area contributed by atoms with E-state index in [0.29, 0.717) is 23.9 Å². The van der Waals surface area contributed by atoms with Crippen LogP contribution in [0.3, 0.4) is 0 Å². The first-order valence-electron chi connectivity index (χ1n) is 8.10. The van der Waals surface area contributed by atoms with Gasteiger partial charge in [-0.15, -0.1) is 0 Å². The van der Waals surface area contributed by atoms with Gasteiger partial charge in [-0.2, -0.15) is 0 Å². The van der Waals surface area contributed by atoms with Gasteiger partial charge >= 0.3 is 0 Å². The number of halogens is 1. The van der Waals surface area contributed by atoms with Crippen molar-refractivity contribution in [1.82, 2.24) is 5.32 Å². The summed E-state index contributed by atoms with van der Waals surface area (Å²) in [6, 6.07) is 12.2. The number of rotatable bonds is 5. The lowest BCUT2D eigenvalue weighted by Crippen LogP contribution is -2.36. The van der Waals surface area contributed by atoms with Gasteiger partial charge in [-0.3, -0.25) is 9.59 Å². The molecule has 0 saturated carbocycles. The van der Waals surface area contributed by atoms with Crippen LogP contribution in [0.2, 0.25) is 5.02 Å². The molecule has 3 rings (SSSR count). The van der Waals surface area contributed by atoms with E-state index in [9.17, 15) is 9.59 Å². The SMILES string of the molecule is CCOc1ccc2c(c1)[C@@H](NC(C)=O)C(=O)N2Cc1ccccc1Cl. The van der Waals surface area contributed by atoms with Gasteiger partial charge in [0.25, 0.3) is 5.91 Å². The minimum atomic E-state index is -0.713. The van der Waals surface area contributed by atoms with Gasteiger partial charge in [0.2, 0.25) is 5.91 Å². The summed E-state index contributed by atoms with van der Waals surface area (Å²) in [6.45, 7) is 4.17. The van der Waals surface area contributed by atoms with E-state index in [2.05, 4.69) is 5.32 Å². The van der Waals surface area contributed by atoms with Crippen LogP contribution in [-0.4, -0.2) is 18.4 Å². The molecule has 130 valence electrons. The first-order chi connectivity index (χ1) is 12.0. The number of nitrogens with one attached hydrogen (secondary N) is 1.